The quantitative estimate of drug-likeness (QED) is 0.453. The van der Waals surface area contributed by atoms with Gasteiger partial charge in [-0.05, 0) is 47.5 Å². The number of sulfonamides is 1. The molecule has 11 heteroatoms. The fourth-order valence-electron chi connectivity index (χ4n) is 1.75. The molecule has 1 N–H and O–H groups in total. The Hall–Kier alpha value is -0.114. The first-order valence-corrected chi connectivity index (χ1v) is 10.6. The molecule has 0 bridgehead atoms. The topological polar surface area (TPSA) is 120 Å². The molecule has 0 saturated heterocycles. The van der Waals surface area contributed by atoms with Crippen molar-refractivity contribution in [1.82, 2.24) is 0 Å². The first-order chi connectivity index (χ1) is 10.6. The van der Waals surface area contributed by atoms with Gasteiger partial charge in [0.05, 0.1) is 9.79 Å². The molecule has 0 aromatic heterocycles. The average Bonchev–Trinajstić information content (AvgIpc) is 2.46. The van der Waals surface area contributed by atoms with Crippen LogP contribution in [0.4, 0.5) is 5.69 Å². The van der Waals surface area contributed by atoms with E-state index in [9.17, 15) is 25.6 Å². The Balaban J connectivity index is 0.00000288. The van der Waals surface area contributed by atoms with E-state index in [0.29, 0.717) is 0 Å². The number of benzene rings is 2. The molecule has 0 fully saturated rings. The molecule has 0 aliphatic heterocycles. The van der Waals surface area contributed by atoms with Gasteiger partial charge in [-0.15, -0.1) is 0 Å². The summed E-state index contributed by atoms with van der Waals surface area (Å²) in [4.78, 5) is -0.445. The predicted molar refractivity (Wildman–Crippen MR) is 84.0 cm³/mol. The van der Waals surface area contributed by atoms with Crippen molar-refractivity contribution in [3.05, 3.63) is 48.5 Å². The second kappa shape index (κ2) is 8.51. The van der Waals surface area contributed by atoms with E-state index >= 15 is 0 Å². The average molecular weight is 414 g/mol. The Labute approximate surface area is 185 Å². The van der Waals surface area contributed by atoms with Crippen LogP contribution < -0.4 is 56.1 Å². The van der Waals surface area contributed by atoms with Crippen LogP contribution in [0.2, 0.25) is 0 Å². The zero-order valence-electron chi connectivity index (χ0n) is 12.8. The van der Waals surface area contributed by atoms with Crippen LogP contribution in [0.25, 0.3) is 0 Å². The first kappa shape index (κ1) is 21.9. The predicted octanol–water partition coefficient (Wildman–Crippen LogP) is -1.87. The SMILES string of the molecule is CS(=O)(=O)c1cccc(S(=O)(=O)Nc2cccc(S(=O)[O-])c2)c1.[K+]. The van der Waals surface area contributed by atoms with Crippen LogP contribution in [0.5, 0.6) is 0 Å². The summed E-state index contributed by atoms with van der Waals surface area (Å²) in [5, 5.41) is 0. The molecule has 0 amide bonds. The summed E-state index contributed by atoms with van der Waals surface area (Å²) in [6.07, 6.45) is 0.971. The van der Waals surface area contributed by atoms with Crippen molar-refractivity contribution < 1.29 is 77.0 Å². The van der Waals surface area contributed by atoms with Crippen LogP contribution in [0.15, 0.2) is 63.2 Å². The van der Waals surface area contributed by atoms with Gasteiger partial charge in [0.1, 0.15) is 0 Å². The van der Waals surface area contributed by atoms with Gasteiger partial charge in [0, 0.05) is 16.8 Å². The Kier molecular flexibility index (Phi) is 7.78. The van der Waals surface area contributed by atoms with Crippen molar-refractivity contribution in [2.45, 2.75) is 14.7 Å². The minimum Gasteiger partial charge on any atom is -0.768 e. The van der Waals surface area contributed by atoms with E-state index in [0.717, 1.165) is 18.4 Å². The molecular formula is C13H12KNO6S3. The molecule has 0 aliphatic carbocycles. The maximum absolute atomic E-state index is 12.3. The molecule has 0 spiro atoms. The molecule has 0 radical (unpaired) electrons. The van der Waals surface area contributed by atoms with Crippen molar-refractivity contribution in [2.75, 3.05) is 11.0 Å². The molecule has 1 unspecified atom stereocenters. The van der Waals surface area contributed by atoms with Crippen LogP contribution in [0.1, 0.15) is 0 Å². The van der Waals surface area contributed by atoms with Crippen molar-refractivity contribution in [3.63, 3.8) is 0 Å². The number of hydrogen-bond donors (Lipinski definition) is 1. The fraction of sp³-hybridized carbons (Fsp3) is 0.0769. The third-order valence-corrected chi connectivity index (χ3v) is 5.95. The summed E-state index contributed by atoms with van der Waals surface area (Å²) in [6.45, 7) is 0. The number of anilines is 1. The molecule has 2 rings (SSSR count). The van der Waals surface area contributed by atoms with Gasteiger partial charge in [0.25, 0.3) is 10.0 Å². The molecule has 124 valence electrons. The second-order valence-corrected chi connectivity index (χ2v) is 9.25. The minimum atomic E-state index is -4.05. The van der Waals surface area contributed by atoms with Gasteiger partial charge in [-0.25, -0.2) is 16.8 Å². The molecule has 0 aliphatic rings. The number of rotatable bonds is 5. The van der Waals surface area contributed by atoms with E-state index < -0.39 is 30.9 Å². The van der Waals surface area contributed by atoms with E-state index in [1.54, 1.807) is 0 Å². The summed E-state index contributed by atoms with van der Waals surface area (Å²) in [7, 11) is -7.60. The summed E-state index contributed by atoms with van der Waals surface area (Å²) >= 11 is -2.49. The van der Waals surface area contributed by atoms with Gasteiger partial charge < -0.3 is 4.55 Å². The molecule has 7 nitrogen and oxygen atoms in total. The molecule has 24 heavy (non-hydrogen) atoms. The third kappa shape index (κ3) is 5.71. The molecular weight excluding hydrogens is 401 g/mol. The van der Waals surface area contributed by atoms with Gasteiger partial charge >= 0.3 is 51.4 Å². The smallest absolute Gasteiger partial charge is 0.768 e. The van der Waals surface area contributed by atoms with Crippen molar-refractivity contribution in [3.8, 4) is 0 Å². The zero-order chi connectivity index (χ0) is 17.3. The summed E-state index contributed by atoms with van der Waals surface area (Å²) in [5.74, 6) is 0. The van der Waals surface area contributed by atoms with E-state index in [1.165, 1.54) is 36.4 Å². The molecule has 0 saturated carbocycles. The van der Waals surface area contributed by atoms with E-state index in [2.05, 4.69) is 4.72 Å². The van der Waals surface area contributed by atoms with Crippen LogP contribution in [-0.4, -0.2) is 31.9 Å². The van der Waals surface area contributed by atoms with Gasteiger partial charge in [0.15, 0.2) is 9.84 Å². The third-order valence-electron chi connectivity index (χ3n) is 2.82. The van der Waals surface area contributed by atoms with Crippen LogP contribution in [0, 0.1) is 0 Å². The van der Waals surface area contributed by atoms with Gasteiger partial charge in [-0.3, -0.25) is 8.93 Å². The number of hydrogen-bond acceptors (Lipinski definition) is 6. The molecule has 2 aromatic carbocycles. The van der Waals surface area contributed by atoms with Gasteiger partial charge in [-0.2, -0.15) is 0 Å². The molecule has 0 heterocycles. The van der Waals surface area contributed by atoms with Crippen molar-refractivity contribution >= 4 is 36.6 Å². The standard InChI is InChI=1S/C13H13NO6S3.K/c1-22(17,18)12-6-3-7-13(9-12)23(19,20)14-10-4-2-5-11(8-10)21(15)16;/h2-9,14H,1H3,(H,15,16);/q;+1/p-1. The zero-order valence-corrected chi connectivity index (χ0v) is 18.4. The van der Waals surface area contributed by atoms with Gasteiger partial charge in [-0.1, -0.05) is 12.1 Å². The Morgan fingerprint density at radius 3 is 2.12 bits per heavy atom. The summed E-state index contributed by atoms with van der Waals surface area (Å²) < 4.78 is 71.6. The number of sulfone groups is 1. The number of nitrogens with one attached hydrogen (secondary N) is 1. The maximum Gasteiger partial charge on any atom is 1.00 e. The molecule has 2 aromatic rings. The maximum atomic E-state index is 12.3. The minimum absolute atomic E-state index is 0. The molecule has 1 atom stereocenters. The van der Waals surface area contributed by atoms with Crippen LogP contribution >= 0.6 is 0 Å². The summed E-state index contributed by atoms with van der Waals surface area (Å²) in [5.41, 5.74) is 0.0523. The van der Waals surface area contributed by atoms with Crippen molar-refractivity contribution in [1.29, 1.82) is 0 Å². The Bertz CT molecular complexity index is 973. The monoisotopic (exact) mass is 413 g/mol. The summed E-state index contributed by atoms with van der Waals surface area (Å²) in [6, 6.07) is 10.1. The largest absolute Gasteiger partial charge is 1.00 e. The van der Waals surface area contributed by atoms with E-state index in [4.69, 9.17) is 0 Å². The first-order valence-electron chi connectivity index (χ1n) is 6.12. The Morgan fingerprint density at radius 1 is 0.958 bits per heavy atom. The van der Waals surface area contributed by atoms with Gasteiger partial charge in [0.2, 0.25) is 0 Å². The van der Waals surface area contributed by atoms with E-state index in [-0.39, 0.29) is 71.8 Å². The Morgan fingerprint density at radius 2 is 1.54 bits per heavy atom. The van der Waals surface area contributed by atoms with Crippen LogP contribution in [-0.2, 0) is 30.9 Å². The fourth-order valence-corrected chi connectivity index (χ4v) is 4.00. The van der Waals surface area contributed by atoms with Crippen molar-refractivity contribution in [2.24, 2.45) is 0 Å². The normalized spacial score (nSPS) is 12.9. The second-order valence-electron chi connectivity index (χ2n) is 4.62. The van der Waals surface area contributed by atoms with Crippen LogP contribution in [0.3, 0.4) is 0 Å². The van der Waals surface area contributed by atoms with E-state index in [1.807, 2.05) is 0 Å².